The summed E-state index contributed by atoms with van der Waals surface area (Å²) in [6.45, 7) is 0.791. The molecule has 0 spiro atoms. The Morgan fingerprint density at radius 2 is 2.27 bits per heavy atom. The Hall–Kier alpha value is -0.510. The Morgan fingerprint density at radius 1 is 1.47 bits per heavy atom. The van der Waals surface area contributed by atoms with Crippen LogP contribution in [0.4, 0.5) is 0 Å². The Morgan fingerprint density at radius 3 is 3.00 bits per heavy atom. The van der Waals surface area contributed by atoms with E-state index in [-0.39, 0.29) is 12.5 Å². The van der Waals surface area contributed by atoms with Gasteiger partial charge in [-0.3, -0.25) is 0 Å². The van der Waals surface area contributed by atoms with Crippen LogP contribution in [0.5, 0.6) is 0 Å². The maximum absolute atomic E-state index is 9.15. The molecule has 3 N–H and O–H groups in total. The molecule has 0 fully saturated rings. The van der Waals surface area contributed by atoms with Gasteiger partial charge in [0.05, 0.1) is 0 Å². The molecular formula is C12H17NOS. The standard InChI is InChI=1S/C12H17NOS/c13-6-9(7-14)5-10-8-15-12-4-2-1-3-11(10)12/h1-4,9-10,14H,5-8,13H2. The zero-order chi connectivity index (χ0) is 10.7. The number of aliphatic hydroxyl groups excluding tert-OH is 1. The Kier molecular flexibility index (Phi) is 3.67. The zero-order valence-electron chi connectivity index (χ0n) is 8.73. The number of hydrogen-bond acceptors (Lipinski definition) is 3. The summed E-state index contributed by atoms with van der Waals surface area (Å²) in [5, 5.41) is 9.15. The summed E-state index contributed by atoms with van der Waals surface area (Å²) in [6, 6.07) is 8.55. The largest absolute Gasteiger partial charge is 0.396 e. The van der Waals surface area contributed by atoms with Gasteiger partial charge >= 0.3 is 0 Å². The molecule has 2 atom stereocenters. The number of fused-ring (bicyclic) bond motifs is 1. The molecule has 82 valence electrons. The molecule has 0 saturated heterocycles. The highest BCUT2D eigenvalue weighted by Gasteiger charge is 2.24. The fourth-order valence-electron chi connectivity index (χ4n) is 2.07. The van der Waals surface area contributed by atoms with E-state index < -0.39 is 0 Å². The van der Waals surface area contributed by atoms with Crippen molar-refractivity contribution in [2.75, 3.05) is 18.9 Å². The first-order valence-corrected chi connectivity index (χ1v) is 6.36. The van der Waals surface area contributed by atoms with Gasteiger partial charge in [0, 0.05) is 17.3 Å². The van der Waals surface area contributed by atoms with Gasteiger partial charge in [-0.05, 0) is 36.4 Å². The Bertz CT molecular complexity index is 325. The second-order valence-corrected chi connectivity index (χ2v) is 5.13. The summed E-state index contributed by atoms with van der Waals surface area (Å²) in [5.41, 5.74) is 7.05. The average Bonchev–Trinajstić information content (AvgIpc) is 2.69. The SMILES string of the molecule is NCC(CO)CC1CSc2ccccc21. The van der Waals surface area contributed by atoms with Gasteiger partial charge in [0.2, 0.25) is 0 Å². The number of thioether (sulfide) groups is 1. The highest BCUT2D eigenvalue weighted by molar-refractivity contribution is 7.99. The first-order valence-electron chi connectivity index (χ1n) is 5.37. The van der Waals surface area contributed by atoms with E-state index >= 15 is 0 Å². The van der Waals surface area contributed by atoms with Crippen molar-refractivity contribution in [3.05, 3.63) is 29.8 Å². The first-order chi connectivity index (χ1) is 7.35. The molecule has 0 bridgehead atoms. The molecule has 1 aromatic rings. The lowest BCUT2D eigenvalue weighted by molar-refractivity contribution is 0.217. The average molecular weight is 223 g/mol. The predicted molar refractivity (Wildman–Crippen MR) is 64.2 cm³/mol. The summed E-state index contributed by atoms with van der Waals surface area (Å²) in [5.74, 6) is 1.96. The minimum atomic E-state index is 0.208. The molecular weight excluding hydrogens is 206 g/mol. The molecule has 3 heteroatoms. The second-order valence-electron chi connectivity index (χ2n) is 4.07. The van der Waals surface area contributed by atoms with Crippen LogP contribution < -0.4 is 5.73 Å². The van der Waals surface area contributed by atoms with Crippen LogP contribution >= 0.6 is 11.8 Å². The number of hydrogen-bond donors (Lipinski definition) is 2. The molecule has 0 radical (unpaired) electrons. The molecule has 15 heavy (non-hydrogen) atoms. The summed E-state index contributed by atoms with van der Waals surface area (Å²) in [7, 11) is 0. The van der Waals surface area contributed by atoms with Crippen molar-refractivity contribution in [3.63, 3.8) is 0 Å². The molecule has 2 rings (SSSR count). The van der Waals surface area contributed by atoms with E-state index in [0.29, 0.717) is 12.5 Å². The van der Waals surface area contributed by atoms with Gasteiger partial charge in [-0.25, -0.2) is 0 Å². The predicted octanol–water partition coefficient (Wildman–Crippen LogP) is 1.83. The van der Waals surface area contributed by atoms with Crippen LogP contribution in [0.15, 0.2) is 29.2 Å². The van der Waals surface area contributed by atoms with Crippen molar-refractivity contribution >= 4 is 11.8 Å². The summed E-state index contributed by atoms with van der Waals surface area (Å²) in [4.78, 5) is 1.40. The van der Waals surface area contributed by atoms with Gasteiger partial charge in [-0.15, -0.1) is 11.8 Å². The number of benzene rings is 1. The normalized spacial score (nSPS) is 21.3. The molecule has 0 aromatic heterocycles. The maximum Gasteiger partial charge on any atom is 0.0471 e. The van der Waals surface area contributed by atoms with Gasteiger partial charge in [-0.1, -0.05) is 18.2 Å². The molecule has 2 unspecified atom stereocenters. The molecule has 0 amide bonds. The molecule has 1 aliphatic heterocycles. The summed E-state index contributed by atoms with van der Waals surface area (Å²) < 4.78 is 0. The van der Waals surface area contributed by atoms with Crippen LogP contribution in [-0.4, -0.2) is 24.0 Å². The van der Waals surface area contributed by atoms with Crippen molar-refractivity contribution in [2.45, 2.75) is 17.2 Å². The lowest BCUT2D eigenvalue weighted by Crippen LogP contribution is -2.20. The van der Waals surface area contributed by atoms with Crippen molar-refractivity contribution in [3.8, 4) is 0 Å². The summed E-state index contributed by atoms with van der Waals surface area (Å²) >= 11 is 1.92. The van der Waals surface area contributed by atoms with E-state index in [9.17, 15) is 0 Å². The molecule has 0 saturated carbocycles. The van der Waals surface area contributed by atoms with Crippen molar-refractivity contribution in [1.82, 2.24) is 0 Å². The summed E-state index contributed by atoms with van der Waals surface area (Å²) in [6.07, 6.45) is 1.01. The van der Waals surface area contributed by atoms with Gasteiger partial charge in [0.15, 0.2) is 0 Å². The highest BCUT2D eigenvalue weighted by atomic mass is 32.2. The third-order valence-corrected chi connectivity index (χ3v) is 4.26. The molecule has 0 aliphatic carbocycles. The molecule has 1 heterocycles. The second kappa shape index (κ2) is 5.01. The van der Waals surface area contributed by atoms with Crippen molar-refractivity contribution in [1.29, 1.82) is 0 Å². The maximum atomic E-state index is 9.15. The molecule has 1 aliphatic rings. The van der Waals surface area contributed by atoms with Crippen LogP contribution in [-0.2, 0) is 0 Å². The highest BCUT2D eigenvalue weighted by Crippen LogP contribution is 2.42. The number of nitrogens with two attached hydrogens (primary N) is 1. The minimum absolute atomic E-state index is 0.208. The van der Waals surface area contributed by atoms with Crippen LogP contribution in [0.1, 0.15) is 17.9 Å². The zero-order valence-corrected chi connectivity index (χ0v) is 9.54. The van der Waals surface area contributed by atoms with E-state index in [1.54, 1.807) is 0 Å². The fraction of sp³-hybridized carbons (Fsp3) is 0.500. The Balaban J connectivity index is 2.07. The fourth-order valence-corrected chi connectivity index (χ4v) is 3.34. The monoisotopic (exact) mass is 223 g/mol. The molecule has 1 aromatic carbocycles. The van der Waals surface area contributed by atoms with Crippen LogP contribution in [0.25, 0.3) is 0 Å². The van der Waals surface area contributed by atoms with Crippen LogP contribution in [0, 0.1) is 5.92 Å². The smallest absolute Gasteiger partial charge is 0.0471 e. The van der Waals surface area contributed by atoms with E-state index in [0.717, 1.165) is 12.2 Å². The lowest BCUT2D eigenvalue weighted by atomic mass is 9.91. The van der Waals surface area contributed by atoms with E-state index in [1.165, 1.54) is 10.5 Å². The lowest BCUT2D eigenvalue weighted by Gasteiger charge is -2.16. The van der Waals surface area contributed by atoms with Gasteiger partial charge < -0.3 is 10.8 Å². The quantitative estimate of drug-likeness (QED) is 0.818. The first kappa shape index (κ1) is 11.0. The minimum Gasteiger partial charge on any atom is -0.396 e. The third kappa shape index (κ3) is 2.36. The third-order valence-electron chi connectivity index (χ3n) is 3.01. The van der Waals surface area contributed by atoms with E-state index in [2.05, 4.69) is 24.3 Å². The molecule has 2 nitrogen and oxygen atoms in total. The van der Waals surface area contributed by atoms with Crippen LogP contribution in [0.2, 0.25) is 0 Å². The number of aliphatic hydroxyl groups is 1. The number of rotatable bonds is 4. The van der Waals surface area contributed by atoms with E-state index in [1.807, 2.05) is 11.8 Å². The van der Waals surface area contributed by atoms with Crippen LogP contribution in [0.3, 0.4) is 0 Å². The van der Waals surface area contributed by atoms with Gasteiger partial charge in [-0.2, -0.15) is 0 Å². The van der Waals surface area contributed by atoms with Gasteiger partial charge in [0.1, 0.15) is 0 Å². The Labute approximate surface area is 94.9 Å². The van der Waals surface area contributed by atoms with Gasteiger partial charge in [0.25, 0.3) is 0 Å². The van der Waals surface area contributed by atoms with Crippen molar-refractivity contribution < 1.29 is 5.11 Å². The van der Waals surface area contributed by atoms with Crippen molar-refractivity contribution in [2.24, 2.45) is 11.7 Å². The van der Waals surface area contributed by atoms with E-state index in [4.69, 9.17) is 10.8 Å². The topological polar surface area (TPSA) is 46.2 Å².